The molecule has 1 aromatic carbocycles. The van der Waals surface area contributed by atoms with Gasteiger partial charge in [-0.15, -0.1) is 0 Å². The molecule has 1 aliphatic carbocycles. The molecule has 0 atom stereocenters. The van der Waals surface area contributed by atoms with Gasteiger partial charge in [0.1, 0.15) is 0 Å². The first-order valence-electron chi connectivity index (χ1n) is 6.68. The largest absolute Gasteiger partial charge is 0.288 e. The molecule has 0 N–H and O–H groups in total. The summed E-state index contributed by atoms with van der Waals surface area (Å²) in [4.78, 5) is 4.83. The Balaban J connectivity index is 1.95. The van der Waals surface area contributed by atoms with E-state index < -0.39 is 0 Å². The van der Waals surface area contributed by atoms with Crippen molar-refractivity contribution in [1.82, 2.24) is 0 Å². The van der Waals surface area contributed by atoms with E-state index in [1.54, 1.807) is 0 Å². The predicted octanol–water partition coefficient (Wildman–Crippen LogP) is 4.37. The van der Waals surface area contributed by atoms with Crippen molar-refractivity contribution in [2.75, 3.05) is 6.54 Å². The normalized spacial score (nSPS) is 20.9. The third kappa shape index (κ3) is 2.33. The Bertz CT molecular complexity index is 444. The lowest BCUT2D eigenvalue weighted by Crippen LogP contribution is -2.23. The zero-order chi connectivity index (χ0) is 11.7. The quantitative estimate of drug-likeness (QED) is 0.728. The van der Waals surface area contributed by atoms with E-state index in [9.17, 15) is 0 Å². The second-order valence-electron chi connectivity index (χ2n) is 5.15. The van der Waals surface area contributed by atoms with Gasteiger partial charge in [-0.25, -0.2) is 0 Å². The van der Waals surface area contributed by atoms with Crippen LogP contribution in [0.15, 0.2) is 27.7 Å². The van der Waals surface area contributed by atoms with Gasteiger partial charge in [-0.3, -0.25) is 4.99 Å². The van der Waals surface area contributed by atoms with Crippen LogP contribution in [0, 0.1) is 5.92 Å². The van der Waals surface area contributed by atoms with Crippen LogP contribution in [0.4, 0.5) is 0 Å². The van der Waals surface area contributed by atoms with E-state index in [2.05, 4.69) is 34.1 Å². The highest BCUT2D eigenvalue weighted by molar-refractivity contribution is 9.10. The van der Waals surface area contributed by atoms with Crippen LogP contribution in [-0.4, -0.2) is 12.3 Å². The molecule has 17 heavy (non-hydrogen) atoms. The average Bonchev–Trinajstić information content (AvgIpc) is 2.39. The summed E-state index contributed by atoms with van der Waals surface area (Å²) in [5.74, 6) is 0.720. The predicted molar refractivity (Wildman–Crippen MR) is 75.8 cm³/mol. The van der Waals surface area contributed by atoms with E-state index in [0.29, 0.717) is 0 Å². The van der Waals surface area contributed by atoms with E-state index in [-0.39, 0.29) is 0 Å². The molecule has 0 amide bonds. The lowest BCUT2D eigenvalue weighted by Gasteiger charge is -2.27. The maximum Gasteiger partial charge on any atom is 0.0454 e. The van der Waals surface area contributed by atoms with Crippen LogP contribution in [0.3, 0.4) is 0 Å². The minimum atomic E-state index is 0.720. The Hall–Kier alpha value is -0.630. The summed E-state index contributed by atoms with van der Waals surface area (Å²) in [7, 11) is 0. The van der Waals surface area contributed by atoms with Gasteiger partial charge in [-0.2, -0.15) is 0 Å². The second kappa shape index (κ2) is 4.93. The van der Waals surface area contributed by atoms with Crippen molar-refractivity contribution >= 4 is 21.6 Å². The fourth-order valence-electron chi connectivity index (χ4n) is 3.11. The lowest BCUT2D eigenvalue weighted by atomic mass is 9.81. The molecule has 1 nitrogen and oxygen atoms in total. The first kappa shape index (κ1) is 11.5. The SMILES string of the molecule is Brc1ccc2c(c1)C(C1CCCCC1)=NCC2. The van der Waals surface area contributed by atoms with Crippen molar-refractivity contribution in [1.29, 1.82) is 0 Å². The Morgan fingerprint density at radius 2 is 1.94 bits per heavy atom. The Kier molecular flexibility index (Phi) is 3.32. The molecule has 0 saturated heterocycles. The first-order valence-corrected chi connectivity index (χ1v) is 7.47. The summed E-state index contributed by atoms with van der Waals surface area (Å²) < 4.78 is 1.18. The molecule has 0 spiro atoms. The lowest BCUT2D eigenvalue weighted by molar-refractivity contribution is 0.438. The molecule has 1 saturated carbocycles. The van der Waals surface area contributed by atoms with E-state index in [1.165, 1.54) is 53.4 Å². The molecule has 1 aromatic rings. The van der Waals surface area contributed by atoms with Crippen molar-refractivity contribution in [3.63, 3.8) is 0 Å². The molecular weight excluding hydrogens is 274 g/mol. The van der Waals surface area contributed by atoms with Crippen molar-refractivity contribution in [3.05, 3.63) is 33.8 Å². The first-order chi connectivity index (χ1) is 8.34. The van der Waals surface area contributed by atoms with Crippen molar-refractivity contribution < 1.29 is 0 Å². The van der Waals surface area contributed by atoms with Crippen molar-refractivity contribution in [3.8, 4) is 0 Å². The fraction of sp³-hybridized carbons (Fsp3) is 0.533. The smallest absolute Gasteiger partial charge is 0.0454 e. The van der Waals surface area contributed by atoms with Gasteiger partial charge in [-0.1, -0.05) is 41.3 Å². The molecule has 0 unspecified atom stereocenters. The maximum absolute atomic E-state index is 4.83. The molecule has 1 aliphatic heterocycles. The van der Waals surface area contributed by atoms with Gasteiger partial charge in [0.25, 0.3) is 0 Å². The number of rotatable bonds is 1. The van der Waals surface area contributed by atoms with Gasteiger partial charge in [0.15, 0.2) is 0 Å². The zero-order valence-corrected chi connectivity index (χ0v) is 11.7. The highest BCUT2D eigenvalue weighted by Crippen LogP contribution is 2.31. The highest BCUT2D eigenvalue weighted by atomic mass is 79.9. The molecule has 0 bridgehead atoms. The zero-order valence-electron chi connectivity index (χ0n) is 10.1. The third-order valence-electron chi connectivity index (χ3n) is 4.00. The number of hydrogen-bond donors (Lipinski definition) is 0. The molecule has 1 fully saturated rings. The fourth-order valence-corrected chi connectivity index (χ4v) is 3.47. The van der Waals surface area contributed by atoms with E-state index in [1.807, 2.05) is 0 Å². The van der Waals surface area contributed by atoms with Crippen LogP contribution in [0.5, 0.6) is 0 Å². The summed E-state index contributed by atoms with van der Waals surface area (Å²) in [6.45, 7) is 0.987. The van der Waals surface area contributed by atoms with Crippen LogP contribution in [0.2, 0.25) is 0 Å². The van der Waals surface area contributed by atoms with Gasteiger partial charge >= 0.3 is 0 Å². The molecule has 0 radical (unpaired) electrons. The second-order valence-corrected chi connectivity index (χ2v) is 6.07. The number of aliphatic imine (C=N–C) groups is 1. The summed E-state index contributed by atoms with van der Waals surface area (Å²) in [6, 6.07) is 6.68. The Morgan fingerprint density at radius 3 is 2.76 bits per heavy atom. The van der Waals surface area contributed by atoms with E-state index in [0.717, 1.165) is 18.9 Å². The van der Waals surface area contributed by atoms with Gasteiger partial charge in [0.05, 0.1) is 0 Å². The number of hydrogen-bond acceptors (Lipinski definition) is 1. The molecular formula is C15H18BrN. The summed E-state index contributed by atoms with van der Waals surface area (Å²) in [6.07, 6.45) is 7.96. The van der Waals surface area contributed by atoms with Gasteiger partial charge < -0.3 is 0 Å². The standard InChI is InChI=1S/C15H18BrN/c16-13-7-6-11-8-9-17-15(14(11)10-13)12-4-2-1-3-5-12/h6-7,10,12H,1-5,8-9H2. The maximum atomic E-state index is 4.83. The van der Waals surface area contributed by atoms with E-state index >= 15 is 0 Å². The van der Waals surface area contributed by atoms with Crippen LogP contribution < -0.4 is 0 Å². The van der Waals surface area contributed by atoms with Crippen LogP contribution >= 0.6 is 15.9 Å². The number of benzene rings is 1. The van der Waals surface area contributed by atoms with Gasteiger partial charge in [0, 0.05) is 28.2 Å². The summed E-state index contributed by atoms with van der Waals surface area (Å²) in [5, 5.41) is 0. The van der Waals surface area contributed by atoms with Crippen molar-refractivity contribution in [2.24, 2.45) is 10.9 Å². The highest BCUT2D eigenvalue weighted by Gasteiger charge is 2.24. The molecule has 90 valence electrons. The van der Waals surface area contributed by atoms with Gasteiger partial charge in [0.2, 0.25) is 0 Å². The molecule has 1 heterocycles. The summed E-state index contributed by atoms with van der Waals surface area (Å²) >= 11 is 3.59. The van der Waals surface area contributed by atoms with Crippen LogP contribution in [-0.2, 0) is 6.42 Å². The van der Waals surface area contributed by atoms with Crippen LogP contribution in [0.25, 0.3) is 0 Å². The minimum absolute atomic E-state index is 0.720. The topological polar surface area (TPSA) is 12.4 Å². The van der Waals surface area contributed by atoms with E-state index in [4.69, 9.17) is 4.99 Å². The molecule has 2 aliphatic rings. The molecule has 3 rings (SSSR count). The average molecular weight is 292 g/mol. The number of fused-ring (bicyclic) bond motifs is 1. The van der Waals surface area contributed by atoms with Crippen molar-refractivity contribution in [2.45, 2.75) is 38.5 Å². The van der Waals surface area contributed by atoms with Crippen LogP contribution in [0.1, 0.15) is 43.2 Å². The summed E-state index contributed by atoms with van der Waals surface area (Å²) in [5.41, 5.74) is 4.30. The molecule has 0 aromatic heterocycles. The monoisotopic (exact) mass is 291 g/mol. The Morgan fingerprint density at radius 1 is 1.12 bits per heavy atom. The molecule has 2 heteroatoms. The third-order valence-corrected chi connectivity index (χ3v) is 4.50. The van der Waals surface area contributed by atoms with Gasteiger partial charge in [-0.05, 0) is 37.0 Å². The Labute approximate surface area is 111 Å². The minimum Gasteiger partial charge on any atom is -0.288 e. The number of nitrogens with zero attached hydrogens (tertiary/aromatic N) is 1. The number of halogens is 1.